The molecule has 0 radical (unpaired) electrons. The minimum atomic E-state index is -3.55. The van der Waals surface area contributed by atoms with Crippen LogP contribution in [-0.4, -0.2) is 37.8 Å². The highest BCUT2D eigenvalue weighted by molar-refractivity contribution is 7.89. The number of amides is 1. The zero-order valence-electron chi connectivity index (χ0n) is 15.5. The first-order valence-corrected chi connectivity index (χ1v) is 10.1. The molecular formula is C18H29N3O3S. The fraction of sp³-hybridized carbons (Fsp3) is 0.611. The average molecular weight is 368 g/mol. The Morgan fingerprint density at radius 1 is 1.20 bits per heavy atom. The summed E-state index contributed by atoms with van der Waals surface area (Å²) in [7, 11) is -3.55. The molecule has 2 rings (SSSR count). The van der Waals surface area contributed by atoms with Gasteiger partial charge in [-0.2, -0.15) is 4.31 Å². The second-order valence-electron chi connectivity index (χ2n) is 7.78. The molecule has 0 spiro atoms. The summed E-state index contributed by atoms with van der Waals surface area (Å²) < 4.78 is 27.4. The van der Waals surface area contributed by atoms with Gasteiger partial charge in [-0.05, 0) is 42.9 Å². The van der Waals surface area contributed by atoms with Crippen molar-refractivity contribution in [1.82, 2.24) is 4.31 Å². The molecule has 1 amide bonds. The maximum atomic E-state index is 12.9. The van der Waals surface area contributed by atoms with Gasteiger partial charge in [-0.3, -0.25) is 4.79 Å². The van der Waals surface area contributed by atoms with Crippen LogP contribution in [0.2, 0.25) is 0 Å². The zero-order chi connectivity index (χ0) is 18.8. The molecule has 25 heavy (non-hydrogen) atoms. The van der Waals surface area contributed by atoms with E-state index in [9.17, 15) is 13.2 Å². The monoisotopic (exact) mass is 367 g/mol. The van der Waals surface area contributed by atoms with E-state index < -0.39 is 16.1 Å². The van der Waals surface area contributed by atoms with Crippen molar-refractivity contribution < 1.29 is 13.2 Å². The standard InChI is InChI=1S/C18H29N3O3S/c1-13-8-9-14(20-17(22)16(19)18(2,3)4)12-15(13)25(23,24)21-10-6-5-7-11-21/h8-9,12,16H,5-7,10-11,19H2,1-4H3,(H,20,22)/t16-/m1/s1. The van der Waals surface area contributed by atoms with Crippen molar-refractivity contribution in [2.24, 2.45) is 11.1 Å². The van der Waals surface area contributed by atoms with Gasteiger partial charge in [-0.25, -0.2) is 8.42 Å². The van der Waals surface area contributed by atoms with Crippen LogP contribution in [0, 0.1) is 12.3 Å². The van der Waals surface area contributed by atoms with Crippen LogP contribution >= 0.6 is 0 Å². The lowest BCUT2D eigenvalue weighted by atomic mass is 9.87. The predicted molar refractivity (Wildman–Crippen MR) is 99.8 cm³/mol. The van der Waals surface area contributed by atoms with Crippen molar-refractivity contribution in [1.29, 1.82) is 0 Å². The number of nitrogens with two attached hydrogens (primary N) is 1. The molecule has 7 heteroatoms. The number of nitrogens with one attached hydrogen (secondary N) is 1. The Labute approximate surface area is 150 Å². The third kappa shape index (κ3) is 4.59. The number of hydrogen-bond acceptors (Lipinski definition) is 4. The minimum absolute atomic E-state index is 0.247. The van der Waals surface area contributed by atoms with Crippen molar-refractivity contribution >= 4 is 21.6 Å². The summed E-state index contributed by atoms with van der Waals surface area (Å²) in [6.45, 7) is 8.53. The molecule has 0 saturated carbocycles. The number of sulfonamides is 1. The highest BCUT2D eigenvalue weighted by atomic mass is 32.2. The first-order chi connectivity index (χ1) is 11.5. The lowest BCUT2D eigenvalue weighted by Crippen LogP contribution is -2.45. The number of carbonyl (C=O) groups excluding carboxylic acids is 1. The van der Waals surface area contributed by atoms with Crippen LogP contribution in [0.3, 0.4) is 0 Å². The number of hydrogen-bond donors (Lipinski definition) is 2. The van der Waals surface area contributed by atoms with Crippen molar-refractivity contribution in [3.63, 3.8) is 0 Å². The number of rotatable bonds is 4. The topological polar surface area (TPSA) is 92.5 Å². The number of benzene rings is 1. The normalized spacial score (nSPS) is 18.0. The Bertz CT molecular complexity index is 732. The second-order valence-corrected chi connectivity index (χ2v) is 9.68. The molecule has 1 atom stereocenters. The van der Waals surface area contributed by atoms with E-state index in [4.69, 9.17) is 5.73 Å². The largest absolute Gasteiger partial charge is 0.325 e. The molecule has 140 valence electrons. The summed E-state index contributed by atoms with van der Waals surface area (Å²) in [5.74, 6) is -0.322. The van der Waals surface area contributed by atoms with Crippen LogP contribution in [0.1, 0.15) is 45.6 Å². The van der Waals surface area contributed by atoms with Gasteiger partial charge in [0.25, 0.3) is 0 Å². The molecule has 0 aliphatic carbocycles. The summed E-state index contributed by atoms with van der Waals surface area (Å²) in [5.41, 5.74) is 6.72. The van der Waals surface area contributed by atoms with E-state index in [1.54, 1.807) is 19.1 Å². The Hall–Kier alpha value is -1.44. The van der Waals surface area contributed by atoms with Gasteiger partial charge in [0.1, 0.15) is 0 Å². The maximum absolute atomic E-state index is 12.9. The number of aryl methyl sites for hydroxylation is 1. The lowest BCUT2D eigenvalue weighted by Gasteiger charge is -2.27. The first kappa shape index (κ1) is 19.9. The van der Waals surface area contributed by atoms with E-state index in [1.807, 2.05) is 20.8 Å². The third-order valence-electron chi connectivity index (χ3n) is 4.60. The van der Waals surface area contributed by atoms with E-state index in [0.29, 0.717) is 24.3 Å². The number of nitrogens with zero attached hydrogens (tertiary/aromatic N) is 1. The van der Waals surface area contributed by atoms with Crippen molar-refractivity contribution in [3.05, 3.63) is 23.8 Å². The molecular weight excluding hydrogens is 338 g/mol. The molecule has 1 saturated heterocycles. The van der Waals surface area contributed by atoms with Gasteiger partial charge in [0.15, 0.2) is 0 Å². The number of anilines is 1. The molecule has 1 aromatic rings. The summed E-state index contributed by atoms with van der Waals surface area (Å²) in [4.78, 5) is 12.6. The quantitative estimate of drug-likeness (QED) is 0.855. The van der Waals surface area contributed by atoms with E-state index in [0.717, 1.165) is 19.3 Å². The Kier molecular flexibility index (Phi) is 5.91. The van der Waals surface area contributed by atoms with Gasteiger partial charge >= 0.3 is 0 Å². The van der Waals surface area contributed by atoms with Crippen molar-refractivity contribution in [2.45, 2.75) is 57.9 Å². The Morgan fingerprint density at radius 3 is 2.36 bits per heavy atom. The summed E-state index contributed by atoms with van der Waals surface area (Å²) in [6, 6.07) is 4.27. The average Bonchev–Trinajstić information content (AvgIpc) is 2.55. The molecule has 1 aliphatic heterocycles. The number of piperidine rings is 1. The molecule has 6 nitrogen and oxygen atoms in total. The smallest absolute Gasteiger partial charge is 0.243 e. The molecule has 1 fully saturated rings. The highest BCUT2D eigenvalue weighted by Crippen LogP contribution is 2.26. The lowest BCUT2D eigenvalue weighted by molar-refractivity contribution is -0.119. The van der Waals surface area contributed by atoms with Gasteiger partial charge in [0, 0.05) is 18.8 Å². The molecule has 0 aromatic heterocycles. The molecule has 0 unspecified atom stereocenters. The fourth-order valence-electron chi connectivity index (χ4n) is 2.81. The van der Waals surface area contributed by atoms with Gasteiger partial charge in [0.2, 0.25) is 15.9 Å². The van der Waals surface area contributed by atoms with Crippen molar-refractivity contribution in [2.75, 3.05) is 18.4 Å². The van der Waals surface area contributed by atoms with E-state index >= 15 is 0 Å². The SMILES string of the molecule is Cc1ccc(NC(=O)[C@@H](N)C(C)(C)C)cc1S(=O)(=O)N1CCCCC1. The van der Waals surface area contributed by atoms with Crippen LogP contribution < -0.4 is 11.1 Å². The molecule has 1 aliphatic rings. The summed E-state index contributed by atoms with van der Waals surface area (Å²) in [5, 5.41) is 2.74. The van der Waals surface area contributed by atoms with Crippen LogP contribution in [0.5, 0.6) is 0 Å². The molecule has 0 bridgehead atoms. The maximum Gasteiger partial charge on any atom is 0.243 e. The molecule has 1 heterocycles. The van der Waals surface area contributed by atoms with E-state index in [2.05, 4.69) is 5.32 Å². The Balaban J connectivity index is 2.27. The van der Waals surface area contributed by atoms with Gasteiger partial charge < -0.3 is 11.1 Å². The van der Waals surface area contributed by atoms with Gasteiger partial charge in [0.05, 0.1) is 10.9 Å². The third-order valence-corrected chi connectivity index (χ3v) is 6.64. The van der Waals surface area contributed by atoms with Gasteiger partial charge in [-0.15, -0.1) is 0 Å². The van der Waals surface area contributed by atoms with E-state index in [1.165, 1.54) is 10.4 Å². The van der Waals surface area contributed by atoms with Crippen molar-refractivity contribution in [3.8, 4) is 0 Å². The molecule has 3 N–H and O–H groups in total. The van der Waals surface area contributed by atoms with Crippen LogP contribution in [0.4, 0.5) is 5.69 Å². The van der Waals surface area contributed by atoms with E-state index in [-0.39, 0.29) is 16.2 Å². The first-order valence-electron chi connectivity index (χ1n) is 8.71. The number of carbonyl (C=O) groups is 1. The zero-order valence-corrected chi connectivity index (χ0v) is 16.3. The van der Waals surface area contributed by atoms with Crippen LogP contribution in [0.25, 0.3) is 0 Å². The Morgan fingerprint density at radius 2 is 1.80 bits per heavy atom. The highest BCUT2D eigenvalue weighted by Gasteiger charge is 2.29. The van der Waals surface area contributed by atoms with Crippen LogP contribution in [0.15, 0.2) is 23.1 Å². The summed E-state index contributed by atoms with van der Waals surface area (Å²) >= 11 is 0. The summed E-state index contributed by atoms with van der Waals surface area (Å²) in [6.07, 6.45) is 2.83. The van der Waals surface area contributed by atoms with Crippen LogP contribution in [-0.2, 0) is 14.8 Å². The predicted octanol–water partition coefficient (Wildman–Crippen LogP) is 2.48. The molecule has 1 aromatic carbocycles. The second kappa shape index (κ2) is 7.43. The fourth-order valence-corrected chi connectivity index (χ4v) is 4.58. The van der Waals surface area contributed by atoms with Gasteiger partial charge in [-0.1, -0.05) is 33.3 Å². The minimum Gasteiger partial charge on any atom is -0.325 e.